The van der Waals surface area contributed by atoms with Gasteiger partial charge in [0, 0.05) is 25.2 Å². The molecular formula is C18H17F2N7O. The zero-order valence-electron chi connectivity index (χ0n) is 14.8. The third-order valence-electron chi connectivity index (χ3n) is 4.85. The first-order valence-electron chi connectivity index (χ1n) is 8.61. The maximum absolute atomic E-state index is 13.3. The first-order chi connectivity index (χ1) is 13.5. The molecule has 0 radical (unpaired) electrons. The number of nitrogens with two attached hydrogens (primary N) is 1. The van der Waals surface area contributed by atoms with Crippen LogP contribution >= 0.6 is 0 Å². The third kappa shape index (κ3) is 3.06. The van der Waals surface area contributed by atoms with E-state index in [-0.39, 0.29) is 35.5 Å². The predicted molar refractivity (Wildman–Crippen MR) is 96.8 cm³/mol. The summed E-state index contributed by atoms with van der Waals surface area (Å²) >= 11 is 0. The Labute approximate surface area is 158 Å². The summed E-state index contributed by atoms with van der Waals surface area (Å²) in [5, 5.41) is 4.10. The van der Waals surface area contributed by atoms with E-state index >= 15 is 0 Å². The van der Waals surface area contributed by atoms with E-state index in [9.17, 15) is 13.6 Å². The molecule has 1 atom stereocenters. The van der Waals surface area contributed by atoms with Crippen LogP contribution in [0.2, 0.25) is 0 Å². The maximum Gasteiger partial charge on any atom is 0.280 e. The molecule has 28 heavy (non-hydrogen) atoms. The molecule has 144 valence electrons. The number of likely N-dealkylation sites (tertiary alicyclic amines) is 1. The minimum atomic E-state index is -2.74. The molecule has 0 unspecified atom stereocenters. The molecule has 0 bridgehead atoms. The largest absolute Gasteiger partial charge is 0.397 e. The van der Waals surface area contributed by atoms with Gasteiger partial charge in [-0.05, 0) is 18.6 Å². The molecule has 0 aromatic carbocycles. The Bertz CT molecular complexity index is 1070. The van der Waals surface area contributed by atoms with Gasteiger partial charge in [-0.2, -0.15) is 10.1 Å². The van der Waals surface area contributed by atoms with Gasteiger partial charge in [-0.25, -0.2) is 18.3 Å². The standard InChI is InChI=1S/C18H17F2N7O/c1-10-3-5-26(17(28)11-2-4-22-7-13(11)21)8-12(10)15-6-14(16(19)20)25-18-23-9-24-27(15)18/h2,4,6-7,9,12,16H,1,3,5,8,21H2/t12-/m1/s1. The van der Waals surface area contributed by atoms with E-state index in [2.05, 4.69) is 26.6 Å². The number of anilines is 1. The highest BCUT2D eigenvalue weighted by molar-refractivity contribution is 5.99. The Balaban J connectivity index is 1.71. The Hall–Kier alpha value is -3.43. The third-order valence-corrected chi connectivity index (χ3v) is 4.85. The van der Waals surface area contributed by atoms with E-state index in [1.165, 1.54) is 29.3 Å². The highest BCUT2D eigenvalue weighted by Gasteiger charge is 2.31. The molecule has 2 N–H and O–H groups in total. The Morgan fingerprint density at radius 2 is 2.21 bits per heavy atom. The van der Waals surface area contributed by atoms with Crippen molar-refractivity contribution in [1.29, 1.82) is 0 Å². The lowest BCUT2D eigenvalue weighted by atomic mass is 9.89. The Kier molecular flexibility index (Phi) is 4.46. The van der Waals surface area contributed by atoms with Gasteiger partial charge in [0.1, 0.15) is 12.0 Å². The van der Waals surface area contributed by atoms with Gasteiger partial charge in [0.05, 0.1) is 23.1 Å². The number of aromatic nitrogens is 5. The number of pyridine rings is 1. The van der Waals surface area contributed by atoms with Gasteiger partial charge in [0.2, 0.25) is 0 Å². The predicted octanol–water partition coefficient (Wildman–Crippen LogP) is 2.22. The van der Waals surface area contributed by atoms with Crippen LogP contribution in [0.4, 0.5) is 14.5 Å². The summed E-state index contributed by atoms with van der Waals surface area (Å²) in [6, 6.07) is 2.87. The molecule has 1 aliphatic heterocycles. The zero-order valence-corrected chi connectivity index (χ0v) is 14.8. The van der Waals surface area contributed by atoms with Crippen molar-refractivity contribution in [2.24, 2.45) is 0 Å². The Morgan fingerprint density at radius 3 is 2.96 bits per heavy atom. The number of carbonyl (C=O) groups excluding carboxylic acids is 1. The van der Waals surface area contributed by atoms with Crippen LogP contribution in [0.5, 0.6) is 0 Å². The zero-order chi connectivity index (χ0) is 19.8. The average molecular weight is 385 g/mol. The topological polar surface area (TPSA) is 102 Å². The minimum absolute atomic E-state index is 0.0856. The number of piperidine rings is 1. The summed E-state index contributed by atoms with van der Waals surface area (Å²) < 4.78 is 28.0. The summed E-state index contributed by atoms with van der Waals surface area (Å²) in [5.74, 6) is -0.539. The van der Waals surface area contributed by atoms with Gasteiger partial charge >= 0.3 is 0 Å². The summed E-state index contributed by atoms with van der Waals surface area (Å²) in [6.45, 7) is 4.81. The fourth-order valence-electron chi connectivity index (χ4n) is 3.37. The van der Waals surface area contributed by atoms with Crippen LogP contribution in [-0.2, 0) is 0 Å². The number of amides is 1. The maximum atomic E-state index is 13.3. The number of hydrogen-bond donors (Lipinski definition) is 1. The highest BCUT2D eigenvalue weighted by atomic mass is 19.3. The van der Waals surface area contributed by atoms with Crippen molar-refractivity contribution in [1.82, 2.24) is 29.5 Å². The van der Waals surface area contributed by atoms with Crippen molar-refractivity contribution in [3.63, 3.8) is 0 Å². The van der Waals surface area contributed by atoms with E-state index in [0.29, 0.717) is 24.2 Å². The molecular weight excluding hydrogens is 368 g/mol. The van der Waals surface area contributed by atoms with Gasteiger partial charge < -0.3 is 10.6 Å². The van der Waals surface area contributed by atoms with Crippen molar-refractivity contribution >= 4 is 17.4 Å². The van der Waals surface area contributed by atoms with Crippen LogP contribution in [0.3, 0.4) is 0 Å². The minimum Gasteiger partial charge on any atom is -0.397 e. The van der Waals surface area contributed by atoms with Crippen molar-refractivity contribution in [3.8, 4) is 0 Å². The molecule has 1 saturated heterocycles. The first kappa shape index (κ1) is 18.0. The number of fused-ring (bicyclic) bond motifs is 1. The van der Waals surface area contributed by atoms with Crippen LogP contribution < -0.4 is 5.73 Å². The summed E-state index contributed by atoms with van der Waals surface area (Å²) in [5.41, 5.74) is 7.44. The molecule has 3 aromatic rings. The van der Waals surface area contributed by atoms with Crippen molar-refractivity contribution in [2.75, 3.05) is 18.8 Å². The highest BCUT2D eigenvalue weighted by Crippen LogP contribution is 2.33. The van der Waals surface area contributed by atoms with Gasteiger partial charge in [0.25, 0.3) is 18.1 Å². The molecule has 4 rings (SSSR count). The fourth-order valence-corrected chi connectivity index (χ4v) is 3.37. The van der Waals surface area contributed by atoms with E-state index < -0.39 is 6.43 Å². The number of carbonyl (C=O) groups is 1. The second-order valence-electron chi connectivity index (χ2n) is 6.55. The van der Waals surface area contributed by atoms with E-state index in [1.54, 1.807) is 11.0 Å². The van der Waals surface area contributed by atoms with E-state index in [0.717, 1.165) is 5.57 Å². The number of nitrogen functional groups attached to an aromatic ring is 1. The number of rotatable bonds is 3. The van der Waals surface area contributed by atoms with Crippen LogP contribution in [-0.4, -0.2) is 48.5 Å². The normalized spacial score (nSPS) is 17.5. The quantitative estimate of drug-likeness (QED) is 0.694. The molecule has 1 amide bonds. The molecule has 8 nitrogen and oxygen atoms in total. The molecule has 1 aliphatic rings. The fraction of sp³-hybridized carbons (Fsp3) is 0.278. The summed E-state index contributed by atoms with van der Waals surface area (Å²) in [7, 11) is 0. The van der Waals surface area contributed by atoms with Gasteiger partial charge in [-0.15, -0.1) is 0 Å². The molecule has 1 fully saturated rings. The molecule has 4 heterocycles. The smallest absolute Gasteiger partial charge is 0.280 e. The second kappa shape index (κ2) is 6.95. The van der Waals surface area contributed by atoms with Crippen LogP contribution in [0.15, 0.2) is 43.0 Å². The van der Waals surface area contributed by atoms with Crippen LogP contribution in [0, 0.1) is 0 Å². The van der Waals surface area contributed by atoms with E-state index in [1.807, 2.05) is 0 Å². The van der Waals surface area contributed by atoms with Crippen molar-refractivity contribution in [3.05, 3.63) is 60.0 Å². The van der Waals surface area contributed by atoms with Gasteiger partial charge in [-0.1, -0.05) is 12.2 Å². The molecule has 3 aromatic heterocycles. The van der Waals surface area contributed by atoms with E-state index in [4.69, 9.17) is 5.73 Å². The first-order valence-corrected chi connectivity index (χ1v) is 8.61. The SMILES string of the molecule is C=C1CCN(C(=O)c2ccncc2N)C[C@H]1c1cc(C(F)F)nc2ncnn12. The number of hydrogen-bond acceptors (Lipinski definition) is 6. The average Bonchev–Trinajstić information content (AvgIpc) is 3.16. The van der Waals surface area contributed by atoms with Crippen LogP contribution in [0.25, 0.3) is 5.78 Å². The molecule has 0 aliphatic carbocycles. The Morgan fingerprint density at radius 1 is 1.39 bits per heavy atom. The van der Waals surface area contributed by atoms with Gasteiger partial charge in [-0.3, -0.25) is 9.78 Å². The molecule has 0 spiro atoms. The summed E-state index contributed by atoms with van der Waals surface area (Å²) in [6.07, 6.45) is 1.97. The molecule has 10 heteroatoms. The lowest BCUT2D eigenvalue weighted by Crippen LogP contribution is -2.40. The number of nitrogens with zero attached hydrogens (tertiary/aromatic N) is 6. The lowest BCUT2D eigenvalue weighted by Gasteiger charge is -2.35. The number of alkyl halides is 2. The summed E-state index contributed by atoms with van der Waals surface area (Å²) in [4.78, 5) is 26.2. The number of halogens is 2. The lowest BCUT2D eigenvalue weighted by molar-refractivity contribution is 0.0732. The monoisotopic (exact) mass is 385 g/mol. The second-order valence-corrected chi connectivity index (χ2v) is 6.55. The van der Waals surface area contributed by atoms with Crippen molar-refractivity contribution in [2.45, 2.75) is 18.8 Å². The molecule has 0 saturated carbocycles. The van der Waals surface area contributed by atoms with Crippen molar-refractivity contribution < 1.29 is 13.6 Å². The van der Waals surface area contributed by atoms with Crippen LogP contribution in [0.1, 0.15) is 40.5 Å². The van der Waals surface area contributed by atoms with Gasteiger partial charge in [0.15, 0.2) is 0 Å².